The highest BCUT2D eigenvalue weighted by Crippen LogP contribution is 2.37. The molecule has 0 aliphatic rings. The van der Waals surface area contributed by atoms with Crippen molar-refractivity contribution in [2.24, 2.45) is 0 Å². The minimum Gasteiger partial charge on any atom is -0.505 e. The summed E-state index contributed by atoms with van der Waals surface area (Å²) in [5.41, 5.74) is 8.26. The molecule has 0 radical (unpaired) electrons. The molecule has 182 valence electrons. The number of nitrogens with zero attached hydrogens (tertiary/aromatic N) is 4. The highest BCUT2D eigenvalue weighted by atomic mass is 16.3. The number of hydrazine groups is 1. The molecule has 0 atom stereocenters. The number of nitrogens with one attached hydrogen (secondary N) is 3. The summed E-state index contributed by atoms with van der Waals surface area (Å²) in [5.74, 6) is 0.233. The first-order chi connectivity index (χ1) is 18.1. The van der Waals surface area contributed by atoms with E-state index in [1.807, 2.05) is 61.5 Å². The molecule has 2 heterocycles. The minimum absolute atomic E-state index is 0.0962. The number of phenolic OH excluding ortho intramolecular Hbond substituents is 1. The molecule has 0 fully saturated rings. The van der Waals surface area contributed by atoms with E-state index in [-0.39, 0.29) is 22.6 Å². The van der Waals surface area contributed by atoms with Gasteiger partial charge in [0.2, 0.25) is 0 Å². The van der Waals surface area contributed by atoms with Crippen molar-refractivity contribution in [1.82, 2.24) is 14.8 Å². The Morgan fingerprint density at radius 1 is 1.05 bits per heavy atom. The second kappa shape index (κ2) is 10.1. The van der Waals surface area contributed by atoms with Crippen LogP contribution in [0, 0.1) is 11.3 Å². The fourth-order valence-corrected chi connectivity index (χ4v) is 4.09. The van der Waals surface area contributed by atoms with Gasteiger partial charge in [-0.15, -0.1) is 0 Å². The molecule has 5 rings (SSSR count). The Balaban J connectivity index is 1.54. The van der Waals surface area contributed by atoms with E-state index in [2.05, 4.69) is 32.3 Å². The quantitative estimate of drug-likeness (QED) is 0.182. The van der Waals surface area contributed by atoms with Gasteiger partial charge in [-0.2, -0.15) is 15.0 Å². The van der Waals surface area contributed by atoms with Crippen molar-refractivity contribution in [3.8, 4) is 17.6 Å². The van der Waals surface area contributed by atoms with Gasteiger partial charge >= 0.3 is 0 Å². The van der Waals surface area contributed by atoms with Crippen LogP contribution in [0.1, 0.15) is 28.4 Å². The number of phenols is 1. The average Bonchev–Trinajstić information content (AvgIpc) is 3.35. The molecule has 0 saturated carbocycles. The maximum absolute atomic E-state index is 13.1. The lowest BCUT2D eigenvalue weighted by Gasteiger charge is -2.18. The van der Waals surface area contributed by atoms with E-state index in [0.717, 1.165) is 17.4 Å². The Morgan fingerprint density at radius 3 is 2.62 bits per heavy atom. The Labute approximate surface area is 213 Å². The topological polar surface area (TPSA) is 128 Å². The van der Waals surface area contributed by atoms with Crippen LogP contribution >= 0.6 is 0 Å². The van der Waals surface area contributed by atoms with Gasteiger partial charge in [0.15, 0.2) is 17.4 Å². The van der Waals surface area contributed by atoms with Crippen LogP contribution in [0.4, 0.5) is 17.2 Å². The molecule has 3 aromatic carbocycles. The number of aromatic nitrogens is 3. The fourth-order valence-electron chi connectivity index (χ4n) is 4.09. The van der Waals surface area contributed by atoms with Gasteiger partial charge < -0.3 is 10.4 Å². The van der Waals surface area contributed by atoms with Gasteiger partial charge in [-0.3, -0.25) is 15.6 Å². The first-order valence-corrected chi connectivity index (χ1v) is 11.7. The van der Waals surface area contributed by atoms with Crippen molar-refractivity contribution in [2.45, 2.75) is 13.3 Å². The van der Waals surface area contributed by atoms with Gasteiger partial charge in [-0.25, -0.2) is 4.98 Å². The number of rotatable bonds is 7. The summed E-state index contributed by atoms with van der Waals surface area (Å²) in [4.78, 5) is 17.5. The number of para-hydroxylation sites is 1. The number of fused-ring (bicyclic) bond motifs is 1. The van der Waals surface area contributed by atoms with Gasteiger partial charge in [-0.05, 0) is 41.6 Å². The molecule has 0 aliphatic heterocycles. The molecule has 9 nitrogen and oxygen atoms in total. The van der Waals surface area contributed by atoms with E-state index in [1.54, 1.807) is 24.4 Å². The van der Waals surface area contributed by atoms with E-state index in [4.69, 9.17) is 0 Å². The summed E-state index contributed by atoms with van der Waals surface area (Å²) in [5, 5.41) is 29.5. The van der Waals surface area contributed by atoms with Crippen LogP contribution in [0.25, 0.3) is 16.6 Å². The summed E-state index contributed by atoms with van der Waals surface area (Å²) in [6.07, 6.45) is 3.83. The number of amides is 1. The lowest BCUT2D eigenvalue weighted by Crippen LogP contribution is -2.17. The molecule has 0 unspecified atom stereocenters. The predicted octanol–water partition coefficient (Wildman–Crippen LogP) is 5.25. The number of hydrogen-bond donors (Lipinski definition) is 4. The summed E-state index contributed by atoms with van der Waals surface area (Å²) >= 11 is 0. The molecule has 37 heavy (non-hydrogen) atoms. The number of nitriles is 1. The molecule has 1 amide bonds. The molecule has 0 spiro atoms. The number of carbonyl (C=O) groups is 1. The van der Waals surface area contributed by atoms with Crippen molar-refractivity contribution < 1.29 is 9.90 Å². The Morgan fingerprint density at radius 2 is 1.84 bits per heavy atom. The first kappa shape index (κ1) is 23.4. The molecule has 0 aliphatic carbocycles. The predicted molar refractivity (Wildman–Crippen MR) is 143 cm³/mol. The summed E-state index contributed by atoms with van der Waals surface area (Å²) in [6, 6.07) is 23.9. The smallest absolute Gasteiger partial charge is 0.259 e. The van der Waals surface area contributed by atoms with E-state index >= 15 is 0 Å². The van der Waals surface area contributed by atoms with Crippen molar-refractivity contribution >= 4 is 33.9 Å². The van der Waals surface area contributed by atoms with Gasteiger partial charge in [0.05, 0.1) is 11.8 Å². The van der Waals surface area contributed by atoms with Crippen molar-refractivity contribution in [1.29, 1.82) is 5.26 Å². The molecule has 4 N–H and O–H groups in total. The number of hydrogen-bond acceptors (Lipinski definition) is 7. The van der Waals surface area contributed by atoms with Crippen LogP contribution in [0.5, 0.6) is 5.75 Å². The van der Waals surface area contributed by atoms with Crippen LogP contribution in [0.2, 0.25) is 0 Å². The number of carbonyl (C=O) groups excluding carboxylic acids is 1. The SMILES string of the molecule is CCc1cccnc1-n1ncc(C#N)c1NNc1c(O)c(C(=O)Nc2ccccc2)cc2ccccc12. The first-order valence-electron chi connectivity index (χ1n) is 11.7. The van der Waals surface area contributed by atoms with E-state index in [0.29, 0.717) is 22.7 Å². The highest BCUT2D eigenvalue weighted by molar-refractivity contribution is 6.12. The third-order valence-corrected chi connectivity index (χ3v) is 5.94. The lowest BCUT2D eigenvalue weighted by molar-refractivity contribution is 0.102. The number of benzene rings is 3. The van der Waals surface area contributed by atoms with Crippen molar-refractivity contribution in [2.75, 3.05) is 16.2 Å². The third kappa shape index (κ3) is 4.51. The summed E-state index contributed by atoms with van der Waals surface area (Å²) in [7, 11) is 0. The second-order valence-electron chi connectivity index (χ2n) is 8.21. The molecule has 0 saturated heterocycles. The van der Waals surface area contributed by atoms with Crippen LogP contribution < -0.4 is 16.2 Å². The third-order valence-electron chi connectivity index (χ3n) is 5.94. The molecular weight excluding hydrogens is 466 g/mol. The van der Waals surface area contributed by atoms with E-state index < -0.39 is 5.91 Å². The zero-order valence-electron chi connectivity index (χ0n) is 19.9. The highest BCUT2D eigenvalue weighted by Gasteiger charge is 2.20. The summed E-state index contributed by atoms with van der Waals surface area (Å²) in [6.45, 7) is 2.01. The van der Waals surface area contributed by atoms with Crippen LogP contribution in [-0.4, -0.2) is 25.8 Å². The Hall–Kier alpha value is -5.36. The van der Waals surface area contributed by atoms with Gasteiger partial charge in [-0.1, -0.05) is 55.5 Å². The van der Waals surface area contributed by atoms with Crippen molar-refractivity contribution in [3.05, 3.63) is 102 Å². The Kier molecular flexibility index (Phi) is 6.38. The second-order valence-corrected chi connectivity index (χ2v) is 8.21. The average molecular weight is 490 g/mol. The number of pyridine rings is 1. The van der Waals surface area contributed by atoms with Crippen LogP contribution in [0.15, 0.2) is 85.2 Å². The molecular formula is C28H23N7O2. The van der Waals surface area contributed by atoms with Crippen molar-refractivity contribution in [3.63, 3.8) is 0 Å². The van der Waals surface area contributed by atoms with E-state index in [9.17, 15) is 15.2 Å². The lowest BCUT2D eigenvalue weighted by atomic mass is 10.0. The van der Waals surface area contributed by atoms with Gasteiger partial charge in [0.1, 0.15) is 17.3 Å². The molecule has 0 bridgehead atoms. The fraction of sp³-hybridized carbons (Fsp3) is 0.0714. The maximum atomic E-state index is 13.1. The number of aromatic hydroxyl groups is 1. The Bertz CT molecular complexity index is 1640. The minimum atomic E-state index is -0.457. The number of anilines is 3. The summed E-state index contributed by atoms with van der Waals surface area (Å²) < 4.78 is 1.54. The molecule has 9 heteroatoms. The van der Waals surface area contributed by atoms with Crippen LogP contribution in [0.3, 0.4) is 0 Å². The number of aryl methyl sites for hydroxylation is 1. The molecule has 5 aromatic rings. The monoisotopic (exact) mass is 489 g/mol. The van der Waals surface area contributed by atoms with Gasteiger partial charge in [0.25, 0.3) is 5.91 Å². The standard InChI is InChI=1S/C28H23N7O2/c1-2-18-10-8-14-30-26(18)35-27(20(16-29)17-31-35)34-33-24-22-13-7-6-9-19(22)15-23(25(24)36)28(37)32-21-11-4-3-5-12-21/h3-15,17,33-34,36H,2H2,1H3,(H,32,37). The van der Waals surface area contributed by atoms with Crippen LogP contribution in [-0.2, 0) is 6.42 Å². The van der Waals surface area contributed by atoms with Gasteiger partial charge in [0, 0.05) is 17.3 Å². The molecule has 2 aromatic heterocycles. The normalized spacial score (nSPS) is 10.6. The largest absolute Gasteiger partial charge is 0.505 e. The van der Waals surface area contributed by atoms with E-state index in [1.165, 1.54) is 10.9 Å². The maximum Gasteiger partial charge on any atom is 0.259 e. The zero-order valence-corrected chi connectivity index (χ0v) is 19.9. The zero-order chi connectivity index (χ0) is 25.8.